The monoisotopic (exact) mass is 892 g/mol. The summed E-state index contributed by atoms with van der Waals surface area (Å²) < 4.78 is 2.02. The Morgan fingerprint density at radius 1 is 0.360 bits per heavy atom. The van der Waals surface area contributed by atoms with Crippen molar-refractivity contribution in [3.8, 4) is 22.3 Å². The molecule has 50 heavy (non-hydrogen) atoms. The first-order valence-electron chi connectivity index (χ1n) is 17.2. The molecule has 2 fully saturated rings. The summed E-state index contributed by atoms with van der Waals surface area (Å²) in [5.74, 6) is 4.37. The smallest absolute Gasteiger partial charge is 0.0211 e. The van der Waals surface area contributed by atoms with E-state index in [1.165, 1.54) is 70.2 Å². The molecule has 0 spiro atoms. The van der Waals surface area contributed by atoms with Gasteiger partial charge in [0.1, 0.15) is 0 Å². The molecule has 6 heteroatoms. The molecule has 6 atom stereocenters. The van der Waals surface area contributed by atoms with Gasteiger partial charge in [0, 0.05) is 11.8 Å². The van der Waals surface area contributed by atoms with Gasteiger partial charge in [-0.2, -0.15) is 0 Å². The van der Waals surface area contributed by atoms with Gasteiger partial charge in [-0.1, -0.05) is 97.1 Å². The Balaban J connectivity index is 0.000000195. The summed E-state index contributed by atoms with van der Waals surface area (Å²) in [6.07, 6.45) is 24.2. The maximum Gasteiger partial charge on any atom is 0.0211 e. The topological polar surface area (TPSA) is 0 Å². The standard InChI is InChI=1S/C26H18.2C9H11.4ClH.2Zr/c1-5-13-21-17(9-1)18-10-2-6-14-22(18)25(21)26-23-15-7-3-11-19(23)20-12-4-8-16-24(20)26;2*1-2-5-9-7-3-6-8(9)4-1;;;;;;/h1-16,25-26H;2*1-2,4-6,8-9H,3,7H2;4*1H;;. The first-order valence-corrected chi connectivity index (χ1v) is 20.0. The van der Waals surface area contributed by atoms with Crippen molar-refractivity contribution in [2.24, 2.45) is 23.7 Å². The third kappa shape index (κ3) is 7.98. The SMILES string of the molecule is Cl.Cl.Cl.Cl.[Zr][CH]1CCC2C=CC=CC12.[Zr][CH]1CCC2C=CC=CC12.c1ccc2c(c1)-c1ccccc1C2C1c2ccccc2-c2ccccc21. The molecule has 0 bridgehead atoms. The van der Waals surface area contributed by atoms with Gasteiger partial charge in [0.05, 0.1) is 0 Å². The summed E-state index contributed by atoms with van der Waals surface area (Å²) in [5, 5.41) is 0. The molecule has 0 heterocycles. The van der Waals surface area contributed by atoms with Crippen molar-refractivity contribution in [2.45, 2.75) is 44.8 Å². The van der Waals surface area contributed by atoms with Gasteiger partial charge in [0.15, 0.2) is 0 Å². The van der Waals surface area contributed by atoms with Crippen LogP contribution >= 0.6 is 49.6 Å². The zero-order valence-corrected chi connectivity index (χ0v) is 36.1. The van der Waals surface area contributed by atoms with E-state index < -0.39 is 0 Å². The van der Waals surface area contributed by atoms with Gasteiger partial charge in [-0.25, -0.2) is 0 Å². The van der Waals surface area contributed by atoms with Gasteiger partial charge in [-0.3, -0.25) is 0 Å². The summed E-state index contributed by atoms with van der Waals surface area (Å²) in [6, 6.07) is 35.8. The maximum absolute atomic E-state index is 2.40. The van der Waals surface area contributed by atoms with Gasteiger partial charge in [0.2, 0.25) is 0 Å². The Hall–Kier alpha value is -1.23. The average Bonchev–Trinajstić information content (AvgIpc) is 3.87. The second kappa shape index (κ2) is 18.7. The Morgan fingerprint density at radius 3 is 0.940 bits per heavy atom. The molecule has 4 aromatic carbocycles. The minimum Gasteiger partial charge on any atom is -0.0619 e. The molecule has 256 valence electrons. The van der Waals surface area contributed by atoms with Crippen LogP contribution in [-0.2, 0) is 49.4 Å². The van der Waals surface area contributed by atoms with Crippen molar-refractivity contribution in [3.05, 3.63) is 168 Å². The molecule has 0 saturated heterocycles. The summed E-state index contributed by atoms with van der Waals surface area (Å²) >= 11 is 3.47. The van der Waals surface area contributed by atoms with E-state index >= 15 is 0 Å². The zero-order valence-electron chi connectivity index (χ0n) is 27.9. The second-order valence-electron chi connectivity index (χ2n) is 13.7. The number of rotatable bonds is 1. The van der Waals surface area contributed by atoms with Crippen LogP contribution in [0.3, 0.4) is 0 Å². The minimum absolute atomic E-state index is 0. The third-order valence-electron chi connectivity index (χ3n) is 11.2. The number of allylic oxidation sites excluding steroid dienone is 8. The zero-order chi connectivity index (χ0) is 31.0. The van der Waals surface area contributed by atoms with E-state index in [4.69, 9.17) is 0 Å². The minimum atomic E-state index is 0. The molecule has 2 saturated carbocycles. The van der Waals surface area contributed by atoms with Gasteiger partial charge < -0.3 is 0 Å². The fraction of sp³-hybridized carbons (Fsp3) is 0.273. The van der Waals surface area contributed by atoms with Gasteiger partial charge >= 0.3 is 155 Å². The van der Waals surface area contributed by atoms with Crippen LogP contribution < -0.4 is 0 Å². The van der Waals surface area contributed by atoms with E-state index in [1.807, 2.05) is 0 Å². The summed E-state index contributed by atoms with van der Waals surface area (Å²) in [5.41, 5.74) is 11.4. The summed E-state index contributed by atoms with van der Waals surface area (Å²) in [7, 11) is 0. The number of hydrogen-bond acceptors (Lipinski definition) is 0. The molecule has 0 aromatic heterocycles. The van der Waals surface area contributed by atoms with Gasteiger partial charge in [-0.05, 0) is 44.5 Å². The van der Waals surface area contributed by atoms with Crippen LogP contribution in [0.2, 0.25) is 7.25 Å². The predicted octanol–water partition coefficient (Wildman–Crippen LogP) is 13.2. The largest absolute Gasteiger partial charge is 0.0619 e. The maximum atomic E-state index is 2.40. The van der Waals surface area contributed by atoms with Crippen molar-refractivity contribution in [2.75, 3.05) is 0 Å². The number of benzene rings is 4. The fourth-order valence-electron chi connectivity index (χ4n) is 9.02. The Morgan fingerprint density at radius 2 is 0.640 bits per heavy atom. The summed E-state index contributed by atoms with van der Waals surface area (Å²) in [6.45, 7) is 0. The molecule has 10 rings (SSSR count). The first kappa shape index (κ1) is 41.5. The molecule has 6 aliphatic rings. The van der Waals surface area contributed by atoms with Crippen molar-refractivity contribution >= 4 is 49.6 Å². The van der Waals surface area contributed by atoms with Crippen LogP contribution in [-0.4, -0.2) is 0 Å². The van der Waals surface area contributed by atoms with Crippen LogP contribution in [0.4, 0.5) is 0 Å². The van der Waals surface area contributed by atoms with Crippen molar-refractivity contribution in [3.63, 3.8) is 0 Å². The molecule has 0 amide bonds. The van der Waals surface area contributed by atoms with Crippen LogP contribution in [0.25, 0.3) is 22.3 Å². The molecule has 6 aliphatic carbocycles. The van der Waals surface area contributed by atoms with Crippen LogP contribution in [0.5, 0.6) is 0 Å². The van der Waals surface area contributed by atoms with E-state index in [0.717, 1.165) is 30.9 Å². The molecular formula is C44H44Cl4Zr2. The van der Waals surface area contributed by atoms with Crippen LogP contribution in [0.1, 0.15) is 59.8 Å². The van der Waals surface area contributed by atoms with Gasteiger partial charge in [-0.15, -0.1) is 49.6 Å². The van der Waals surface area contributed by atoms with Crippen molar-refractivity contribution < 1.29 is 49.4 Å². The molecule has 0 aliphatic heterocycles. The second-order valence-corrected chi connectivity index (χ2v) is 17.3. The number of halogens is 4. The van der Waals surface area contributed by atoms with Gasteiger partial charge in [0.25, 0.3) is 0 Å². The molecule has 0 radical (unpaired) electrons. The predicted molar refractivity (Wildman–Crippen MR) is 213 cm³/mol. The van der Waals surface area contributed by atoms with Crippen molar-refractivity contribution in [1.29, 1.82) is 0 Å². The van der Waals surface area contributed by atoms with E-state index in [1.54, 1.807) is 49.4 Å². The number of fused-ring (bicyclic) bond motifs is 8. The fourth-order valence-corrected chi connectivity index (χ4v) is 11.6. The van der Waals surface area contributed by atoms with E-state index in [0.29, 0.717) is 11.8 Å². The van der Waals surface area contributed by atoms with Crippen LogP contribution in [0, 0.1) is 23.7 Å². The quantitative estimate of drug-likeness (QED) is 0.179. The van der Waals surface area contributed by atoms with Crippen LogP contribution in [0.15, 0.2) is 146 Å². The number of hydrogen-bond donors (Lipinski definition) is 0. The normalized spacial score (nSPS) is 25.1. The molecule has 6 unspecified atom stereocenters. The molecule has 0 nitrogen and oxygen atoms in total. The van der Waals surface area contributed by atoms with E-state index in [-0.39, 0.29) is 49.6 Å². The summed E-state index contributed by atoms with van der Waals surface area (Å²) in [4.78, 5) is 0. The third-order valence-corrected chi connectivity index (χ3v) is 14.6. The Bertz CT molecular complexity index is 1640. The average molecular weight is 897 g/mol. The Labute approximate surface area is 354 Å². The van der Waals surface area contributed by atoms with Crippen molar-refractivity contribution in [1.82, 2.24) is 0 Å². The Kier molecular flexibility index (Phi) is 15.5. The van der Waals surface area contributed by atoms with E-state index in [9.17, 15) is 0 Å². The molecule has 4 aromatic rings. The van der Waals surface area contributed by atoms with E-state index in [2.05, 4.69) is 146 Å². The molecule has 0 N–H and O–H groups in total. The molecular weight excluding hydrogens is 853 g/mol. The first-order chi connectivity index (χ1) is 22.7.